The van der Waals surface area contributed by atoms with Crippen LogP contribution in [0.2, 0.25) is 4.63 Å². The monoisotopic (exact) mass is 683 g/mol. The van der Waals surface area contributed by atoms with Crippen molar-refractivity contribution in [3.63, 3.8) is 0 Å². The molecule has 41 heavy (non-hydrogen) atoms. The van der Waals surface area contributed by atoms with E-state index in [0.29, 0.717) is 11.5 Å². The first-order valence-corrected chi connectivity index (χ1v) is 33.0. The van der Waals surface area contributed by atoms with Crippen LogP contribution in [-0.4, -0.2) is 17.2 Å². The van der Waals surface area contributed by atoms with E-state index in [1.807, 2.05) is 15.4 Å². The van der Waals surface area contributed by atoms with Crippen molar-refractivity contribution >= 4 is 16.0 Å². The van der Waals surface area contributed by atoms with Crippen LogP contribution in [0, 0.1) is 23.7 Å². The first-order valence-electron chi connectivity index (χ1n) is 16.1. The Labute approximate surface area is 257 Å². The molecule has 5 aliphatic rings. The van der Waals surface area contributed by atoms with Gasteiger partial charge >= 0.3 is 188 Å². The second-order valence-electron chi connectivity index (χ2n) is 14.1. The second-order valence-corrected chi connectivity index (χ2v) is 47.1. The molecule has 0 aromatic heterocycles. The Morgan fingerprint density at radius 2 is 1.10 bits per heavy atom. The molecule has 0 aliphatic heterocycles. The van der Waals surface area contributed by atoms with Crippen molar-refractivity contribution in [3.05, 3.63) is 111 Å². The molecule has 1 nitrogen and oxygen atoms in total. The fraction of sp³-hybridized carbons (Fsp3) is 0.421. The fourth-order valence-electron chi connectivity index (χ4n) is 9.58. The molecule has 3 heteroatoms. The summed E-state index contributed by atoms with van der Waals surface area (Å²) in [5, 5.41) is 0. The molecule has 3 aromatic carbocycles. The van der Waals surface area contributed by atoms with Gasteiger partial charge in [-0.3, -0.25) is 0 Å². The van der Waals surface area contributed by atoms with Crippen LogP contribution in [0.4, 0.5) is 0 Å². The summed E-state index contributed by atoms with van der Waals surface area (Å²) in [6.07, 6.45) is 9.12. The third-order valence-electron chi connectivity index (χ3n) is 11.1. The van der Waals surface area contributed by atoms with Gasteiger partial charge in [0.1, 0.15) is 0 Å². The summed E-state index contributed by atoms with van der Waals surface area (Å²) in [5.41, 5.74) is 8.02. The minimum atomic E-state index is -2.64. The van der Waals surface area contributed by atoms with Crippen molar-refractivity contribution in [2.45, 2.75) is 76.4 Å². The standard InChI is InChI=1S/C12H10.C10H16N.C9H13.C6H7Ge.CH3.Zr/c1-3-7-11(8-4-1)12-9-5-2-6-10-12;11-10-4-7-1-8(5-10)3-9(2-7)6-10;1-6-5-7(2)9(4)8(6)3;7-6-4-2-1-3-5-6;;/h1-10H;7-9,11H,1-6H2;6H,1-4H3;1-5H,7H2;1H3;/q;-1;;;;+1. The van der Waals surface area contributed by atoms with Gasteiger partial charge in [-0.2, -0.15) is 0 Å². The van der Waals surface area contributed by atoms with Gasteiger partial charge in [-0.05, 0) is 11.1 Å². The Balaban J connectivity index is 0.000000210. The van der Waals surface area contributed by atoms with Crippen LogP contribution < -0.4 is 7.66 Å². The number of hydrogen-bond acceptors (Lipinski definition) is 1. The normalized spacial score (nSPS) is 30.1. The van der Waals surface area contributed by atoms with Gasteiger partial charge in [0.15, 0.2) is 0 Å². The Kier molecular flexibility index (Phi) is 8.85. The summed E-state index contributed by atoms with van der Waals surface area (Å²) in [4.78, 5) is 0. The molecule has 4 bridgehead atoms. The maximum Gasteiger partial charge on any atom is -0.0184 e. The SMILES string of the molecule is CC1=C(C)C(C)[C]([Zr]([CH3])([NH]C23CC4CC(CC(C4)C2)C3)[GeH2][c]2ccccc2)=C1C.c1ccc(-c2ccccc2)cc1. The number of benzene rings is 3. The van der Waals surface area contributed by atoms with E-state index in [9.17, 15) is 0 Å². The fourth-order valence-corrected chi connectivity index (χ4v) is 51.0. The molecule has 0 saturated heterocycles. The smallest absolute Gasteiger partial charge is 0.0184 e. The van der Waals surface area contributed by atoms with Crippen molar-refractivity contribution < 1.29 is 18.0 Å². The van der Waals surface area contributed by atoms with E-state index in [0.717, 1.165) is 17.8 Å². The number of rotatable bonds is 6. The van der Waals surface area contributed by atoms with Crippen molar-refractivity contribution in [2.75, 3.05) is 0 Å². The molecule has 0 amide bonds. The average Bonchev–Trinajstić information content (AvgIpc) is 3.16. The predicted octanol–water partition coefficient (Wildman–Crippen LogP) is 8.68. The zero-order valence-electron chi connectivity index (χ0n) is 25.9. The molecular weight excluding hydrogens is 634 g/mol. The largest absolute Gasteiger partial charge is 0.0622 e. The van der Waals surface area contributed by atoms with Crippen LogP contribution in [0.25, 0.3) is 11.1 Å². The number of nitrogens with one attached hydrogen (secondary N) is 1. The van der Waals surface area contributed by atoms with Gasteiger partial charge in [0.2, 0.25) is 0 Å². The molecule has 2 atom stereocenters. The molecule has 0 radical (unpaired) electrons. The van der Waals surface area contributed by atoms with E-state index >= 15 is 0 Å². The molecule has 1 N–H and O–H groups in total. The molecule has 4 saturated carbocycles. The van der Waals surface area contributed by atoms with Crippen LogP contribution in [0.15, 0.2) is 111 Å². The Bertz CT molecular complexity index is 1340. The molecule has 4 fully saturated rings. The molecule has 3 aromatic rings. The van der Waals surface area contributed by atoms with Gasteiger partial charge in [0.25, 0.3) is 0 Å². The zero-order valence-corrected chi connectivity index (χ0v) is 31.3. The zero-order chi connectivity index (χ0) is 28.6. The summed E-state index contributed by atoms with van der Waals surface area (Å²) in [6, 6.07) is 32.5. The first-order chi connectivity index (χ1) is 19.8. The van der Waals surface area contributed by atoms with Gasteiger partial charge in [0.05, 0.1) is 0 Å². The summed E-state index contributed by atoms with van der Waals surface area (Å²) in [6.45, 7) is 9.78. The molecule has 0 spiro atoms. The quantitative estimate of drug-likeness (QED) is 0.257. The molecule has 8 rings (SSSR count). The molecule has 5 aliphatic carbocycles. The van der Waals surface area contributed by atoms with Crippen molar-refractivity contribution in [1.82, 2.24) is 3.26 Å². The minimum Gasteiger partial charge on any atom is -0.0622 e. The van der Waals surface area contributed by atoms with Crippen molar-refractivity contribution in [2.24, 2.45) is 23.7 Å². The summed E-state index contributed by atoms with van der Waals surface area (Å²) >= 11 is -3.51. The van der Waals surface area contributed by atoms with Gasteiger partial charge in [-0.1, -0.05) is 60.7 Å². The molecule has 0 heterocycles. The van der Waals surface area contributed by atoms with Crippen LogP contribution in [-0.2, 0) is 18.0 Å². The third kappa shape index (κ3) is 6.27. The molecule has 214 valence electrons. The Morgan fingerprint density at radius 1 is 0.659 bits per heavy atom. The number of hydrogen-bond donors (Lipinski definition) is 1. The van der Waals surface area contributed by atoms with Gasteiger partial charge in [-0.25, -0.2) is 0 Å². The summed E-state index contributed by atoms with van der Waals surface area (Å²) in [7, 11) is 0. The van der Waals surface area contributed by atoms with Gasteiger partial charge in [-0.15, -0.1) is 0 Å². The van der Waals surface area contributed by atoms with Gasteiger partial charge in [0, 0.05) is 0 Å². The number of allylic oxidation sites excluding steroid dienone is 4. The van der Waals surface area contributed by atoms with E-state index in [1.165, 1.54) is 30.4 Å². The minimum absolute atomic E-state index is 0.511. The van der Waals surface area contributed by atoms with E-state index in [1.54, 1.807) is 40.4 Å². The van der Waals surface area contributed by atoms with Crippen LogP contribution >= 0.6 is 0 Å². The van der Waals surface area contributed by atoms with Crippen LogP contribution in [0.3, 0.4) is 0 Å². The maximum atomic E-state index is 4.74. The first kappa shape index (κ1) is 29.6. The molecular formula is C38H49GeNZr. The second kappa shape index (κ2) is 12.3. The van der Waals surface area contributed by atoms with E-state index in [2.05, 4.69) is 111 Å². The van der Waals surface area contributed by atoms with Crippen molar-refractivity contribution in [3.8, 4) is 11.1 Å². The topological polar surface area (TPSA) is 12.0 Å². The summed E-state index contributed by atoms with van der Waals surface area (Å²) < 4.78 is 11.3. The van der Waals surface area contributed by atoms with Gasteiger partial charge < -0.3 is 0 Å². The Hall–Kier alpha value is -1.47. The van der Waals surface area contributed by atoms with E-state index in [-0.39, 0.29) is 0 Å². The van der Waals surface area contributed by atoms with Crippen molar-refractivity contribution in [1.29, 1.82) is 0 Å². The van der Waals surface area contributed by atoms with E-state index in [4.69, 9.17) is 3.26 Å². The summed E-state index contributed by atoms with van der Waals surface area (Å²) in [5.74, 6) is 3.79. The van der Waals surface area contributed by atoms with Crippen LogP contribution in [0.5, 0.6) is 0 Å². The third-order valence-corrected chi connectivity index (χ3v) is 43.2. The molecule has 2 unspecified atom stereocenters. The van der Waals surface area contributed by atoms with E-state index < -0.39 is 29.7 Å². The van der Waals surface area contributed by atoms with Crippen LogP contribution in [0.1, 0.15) is 66.2 Å². The Morgan fingerprint density at radius 3 is 1.51 bits per heavy atom. The predicted molar refractivity (Wildman–Crippen MR) is 177 cm³/mol. The average molecular weight is 684 g/mol. The maximum absolute atomic E-state index is 4.74.